The maximum absolute atomic E-state index is 13.7. The highest BCUT2D eigenvalue weighted by Gasteiger charge is 2.40. The Balaban J connectivity index is 1.47. The molecule has 1 aliphatic rings. The molecular formula is C29H26BrFN4O3. The molecule has 1 fully saturated rings. The molecule has 194 valence electrons. The molecule has 2 atom stereocenters. The average molecular weight is 577 g/mol. The SMILES string of the molecule is CC(=O)Nc1ccc(CCN2C(=O)[C@H](C)O[C@H]2c2cn(-c3ccc(Br)cc3)nc2-c2ccc(F)cc2)cc1. The van der Waals surface area contributed by atoms with Gasteiger partial charge in [-0.15, -0.1) is 0 Å². The zero-order valence-corrected chi connectivity index (χ0v) is 22.5. The van der Waals surface area contributed by atoms with Crippen molar-refractivity contribution < 1.29 is 18.7 Å². The van der Waals surface area contributed by atoms with E-state index in [0.717, 1.165) is 32.5 Å². The molecule has 0 bridgehead atoms. The fraction of sp³-hybridized carbons (Fsp3) is 0.207. The highest BCUT2D eigenvalue weighted by atomic mass is 79.9. The highest BCUT2D eigenvalue weighted by molar-refractivity contribution is 9.10. The number of anilines is 1. The molecule has 7 nitrogen and oxygen atoms in total. The summed E-state index contributed by atoms with van der Waals surface area (Å²) in [4.78, 5) is 26.2. The number of hydrogen-bond acceptors (Lipinski definition) is 4. The lowest BCUT2D eigenvalue weighted by Crippen LogP contribution is -2.32. The fourth-order valence-electron chi connectivity index (χ4n) is 4.48. The van der Waals surface area contributed by atoms with E-state index in [-0.39, 0.29) is 17.6 Å². The zero-order valence-electron chi connectivity index (χ0n) is 20.9. The Labute approximate surface area is 228 Å². The summed E-state index contributed by atoms with van der Waals surface area (Å²) in [6.45, 7) is 3.64. The lowest BCUT2D eigenvalue weighted by Gasteiger charge is -2.23. The standard InChI is InChI=1S/C29H26BrFN4O3/c1-18-28(37)34(16-15-20-3-11-24(12-4-20)32-19(2)36)29(38-18)26-17-35(25-13-7-22(30)8-14-25)33-27(26)21-5-9-23(31)10-6-21/h3-14,17-18,29H,15-16H2,1-2H3,(H,32,36)/t18-,29-/m0/s1. The summed E-state index contributed by atoms with van der Waals surface area (Å²) >= 11 is 3.46. The van der Waals surface area contributed by atoms with Gasteiger partial charge >= 0.3 is 0 Å². The molecule has 0 unspecified atom stereocenters. The van der Waals surface area contributed by atoms with Crippen LogP contribution in [0.4, 0.5) is 10.1 Å². The van der Waals surface area contributed by atoms with Gasteiger partial charge in [-0.2, -0.15) is 5.10 Å². The maximum Gasteiger partial charge on any atom is 0.253 e. The summed E-state index contributed by atoms with van der Waals surface area (Å²) in [5.41, 5.74) is 4.64. The van der Waals surface area contributed by atoms with Crippen molar-refractivity contribution in [2.45, 2.75) is 32.6 Å². The predicted octanol–water partition coefficient (Wildman–Crippen LogP) is 5.89. The first kappa shape index (κ1) is 25.8. The first-order valence-electron chi connectivity index (χ1n) is 12.2. The number of carbonyl (C=O) groups is 2. The van der Waals surface area contributed by atoms with E-state index in [4.69, 9.17) is 9.84 Å². The summed E-state index contributed by atoms with van der Waals surface area (Å²) in [6, 6.07) is 21.4. The number of aromatic nitrogens is 2. The van der Waals surface area contributed by atoms with Gasteiger partial charge in [-0.05, 0) is 79.6 Å². The highest BCUT2D eigenvalue weighted by Crippen LogP contribution is 2.37. The number of halogens is 2. The van der Waals surface area contributed by atoms with E-state index < -0.39 is 12.3 Å². The monoisotopic (exact) mass is 576 g/mol. The number of amides is 2. The van der Waals surface area contributed by atoms with Crippen LogP contribution in [0.15, 0.2) is 83.5 Å². The number of hydrogen-bond donors (Lipinski definition) is 1. The molecule has 0 radical (unpaired) electrons. The molecule has 2 amide bonds. The van der Waals surface area contributed by atoms with Crippen molar-refractivity contribution in [1.29, 1.82) is 0 Å². The molecule has 4 aromatic rings. The Morgan fingerprint density at radius 1 is 1.05 bits per heavy atom. The van der Waals surface area contributed by atoms with Crippen molar-refractivity contribution in [2.24, 2.45) is 0 Å². The van der Waals surface area contributed by atoms with Crippen LogP contribution in [0.1, 0.15) is 31.2 Å². The van der Waals surface area contributed by atoms with Gasteiger partial charge in [-0.25, -0.2) is 9.07 Å². The molecule has 0 spiro atoms. The molecule has 1 N–H and O–H groups in total. The predicted molar refractivity (Wildman–Crippen MR) is 146 cm³/mol. The molecule has 1 saturated heterocycles. The zero-order chi connectivity index (χ0) is 26.8. The van der Waals surface area contributed by atoms with Gasteiger partial charge in [0.05, 0.1) is 5.69 Å². The van der Waals surface area contributed by atoms with Gasteiger partial charge in [0.2, 0.25) is 5.91 Å². The molecule has 0 saturated carbocycles. The number of benzene rings is 3. The van der Waals surface area contributed by atoms with E-state index in [1.165, 1.54) is 19.1 Å². The third-order valence-corrected chi connectivity index (χ3v) is 6.91. The second kappa shape index (κ2) is 10.9. The number of ether oxygens (including phenoxy) is 1. The summed E-state index contributed by atoms with van der Waals surface area (Å²) in [5.74, 6) is -0.573. The third kappa shape index (κ3) is 5.54. The first-order chi connectivity index (χ1) is 18.3. The Morgan fingerprint density at radius 3 is 2.39 bits per heavy atom. The molecular weight excluding hydrogens is 551 g/mol. The summed E-state index contributed by atoms with van der Waals surface area (Å²) in [6.07, 6.45) is 1.21. The van der Waals surface area contributed by atoms with Crippen LogP contribution in [0.25, 0.3) is 16.9 Å². The Morgan fingerprint density at radius 2 is 1.74 bits per heavy atom. The lowest BCUT2D eigenvalue weighted by molar-refractivity contribution is -0.130. The topological polar surface area (TPSA) is 76.5 Å². The van der Waals surface area contributed by atoms with Crippen molar-refractivity contribution in [3.63, 3.8) is 0 Å². The van der Waals surface area contributed by atoms with Crippen molar-refractivity contribution in [3.05, 3.63) is 100 Å². The number of nitrogens with zero attached hydrogens (tertiary/aromatic N) is 3. The number of nitrogens with one attached hydrogen (secondary N) is 1. The smallest absolute Gasteiger partial charge is 0.253 e. The first-order valence-corrected chi connectivity index (χ1v) is 13.0. The van der Waals surface area contributed by atoms with Crippen LogP contribution >= 0.6 is 15.9 Å². The van der Waals surface area contributed by atoms with Crippen LogP contribution in [-0.4, -0.2) is 39.1 Å². The minimum absolute atomic E-state index is 0.105. The molecule has 38 heavy (non-hydrogen) atoms. The fourth-order valence-corrected chi connectivity index (χ4v) is 4.74. The van der Waals surface area contributed by atoms with Crippen molar-refractivity contribution >= 4 is 33.4 Å². The number of carbonyl (C=O) groups excluding carboxylic acids is 2. The second-order valence-electron chi connectivity index (χ2n) is 9.15. The van der Waals surface area contributed by atoms with Crippen LogP contribution in [0.2, 0.25) is 0 Å². The van der Waals surface area contributed by atoms with Gasteiger partial charge in [-0.1, -0.05) is 28.1 Å². The molecule has 9 heteroatoms. The minimum Gasteiger partial charge on any atom is -0.341 e. The second-order valence-corrected chi connectivity index (χ2v) is 10.1. The van der Waals surface area contributed by atoms with E-state index in [1.54, 1.807) is 28.6 Å². The Bertz CT molecular complexity index is 1450. The Kier molecular flexibility index (Phi) is 7.40. The third-order valence-electron chi connectivity index (χ3n) is 6.38. The van der Waals surface area contributed by atoms with E-state index in [1.807, 2.05) is 54.7 Å². The largest absolute Gasteiger partial charge is 0.341 e. The summed E-state index contributed by atoms with van der Waals surface area (Å²) in [7, 11) is 0. The normalized spacial score (nSPS) is 17.2. The lowest BCUT2D eigenvalue weighted by atomic mass is 10.1. The van der Waals surface area contributed by atoms with Gasteiger partial charge in [0.1, 0.15) is 17.6 Å². The van der Waals surface area contributed by atoms with Crippen molar-refractivity contribution in [2.75, 3.05) is 11.9 Å². The van der Waals surface area contributed by atoms with Crippen LogP contribution in [-0.2, 0) is 20.7 Å². The van der Waals surface area contributed by atoms with E-state index >= 15 is 0 Å². The average Bonchev–Trinajstić information content (AvgIpc) is 3.45. The van der Waals surface area contributed by atoms with E-state index in [9.17, 15) is 14.0 Å². The Hall–Kier alpha value is -3.82. The van der Waals surface area contributed by atoms with Gasteiger partial charge in [0.25, 0.3) is 5.91 Å². The van der Waals surface area contributed by atoms with Gasteiger partial charge in [0.15, 0.2) is 6.23 Å². The van der Waals surface area contributed by atoms with Crippen LogP contribution in [0.3, 0.4) is 0 Å². The molecule has 1 aromatic heterocycles. The molecule has 5 rings (SSSR count). The van der Waals surface area contributed by atoms with Crippen molar-refractivity contribution in [3.8, 4) is 16.9 Å². The van der Waals surface area contributed by atoms with Crippen LogP contribution in [0, 0.1) is 5.82 Å². The minimum atomic E-state index is -0.652. The van der Waals surface area contributed by atoms with E-state index in [0.29, 0.717) is 18.7 Å². The molecule has 0 aliphatic carbocycles. The summed E-state index contributed by atoms with van der Waals surface area (Å²) < 4.78 is 22.6. The van der Waals surface area contributed by atoms with Crippen LogP contribution in [0.5, 0.6) is 0 Å². The quantitative estimate of drug-likeness (QED) is 0.298. The molecule has 2 heterocycles. The molecule has 3 aromatic carbocycles. The van der Waals surface area contributed by atoms with Gasteiger partial charge in [0, 0.05) is 41.0 Å². The number of rotatable bonds is 7. The maximum atomic E-state index is 13.7. The summed E-state index contributed by atoms with van der Waals surface area (Å²) in [5, 5.41) is 7.57. The van der Waals surface area contributed by atoms with E-state index in [2.05, 4.69) is 21.2 Å². The van der Waals surface area contributed by atoms with Crippen molar-refractivity contribution in [1.82, 2.24) is 14.7 Å². The van der Waals surface area contributed by atoms with Crippen LogP contribution < -0.4 is 5.32 Å². The van der Waals surface area contributed by atoms with Gasteiger partial charge < -0.3 is 15.0 Å². The van der Waals surface area contributed by atoms with Gasteiger partial charge in [-0.3, -0.25) is 9.59 Å². The molecule has 1 aliphatic heterocycles.